The Morgan fingerprint density at radius 1 is 0.720 bits per heavy atom. The molecule has 5 fully saturated rings. The maximum absolute atomic E-state index is 14.8. The second-order valence-electron chi connectivity index (χ2n) is 25.3. The number of anilines is 1. The maximum atomic E-state index is 14.8. The Hall–Kier alpha value is -7.45. The van der Waals surface area contributed by atoms with Crippen molar-refractivity contribution in [3.63, 3.8) is 0 Å². The molecule has 9 rings (SSSR count). The van der Waals surface area contributed by atoms with Crippen LogP contribution in [-0.2, 0) is 35.2 Å². The highest BCUT2D eigenvalue weighted by Gasteiger charge is 2.50. The number of aliphatic hydroxyl groups excluding tert-OH is 6. The van der Waals surface area contributed by atoms with Gasteiger partial charge in [-0.25, -0.2) is 0 Å². The second-order valence-corrected chi connectivity index (χ2v) is 26.3. The highest BCUT2D eigenvalue weighted by Crippen LogP contribution is 2.34. The van der Waals surface area contributed by atoms with Crippen molar-refractivity contribution in [1.82, 2.24) is 51.5 Å². The zero-order chi connectivity index (χ0) is 66.8. The molecule has 29 heteroatoms. The number of amides is 7. The average molecular weight is 1310 g/mol. The Balaban J connectivity index is 0.949. The van der Waals surface area contributed by atoms with Crippen molar-refractivity contribution in [1.29, 1.82) is 0 Å². The topological polar surface area (TPSA) is 421 Å². The van der Waals surface area contributed by atoms with Gasteiger partial charge in [0, 0.05) is 99.4 Å². The number of carbonyl (C=O) groups excluding carboxylic acids is 7. The summed E-state index contributed by atoms with van der Waals surface area (Å²) in [6.45, 7) is 7.77. The molecule has 4 aromatic rings. The molecule has 506 valence electrons. The molecule has 13 atom stereocenters. The van der Waals surface area contributed by atoms with E-state index in [1.807, 2.05) is 12.1 Å². The fraction of sp³-hybridized carbons (Fsp3) is 0.578. The van der Waals surface area contributed by atoms with Crippen molar-refractivity contribution in [3.05, 3.63) is 77.9 Å². The Labute approximate surface area is 543 Å². The third-order valence-electron chi connectivity index (χ3n) is 18.4. The largest absolute Gasteiger partial charge is 0.504 e. The lowest BCUT2D eigenvalue weighted by molar-refractivity contribution is -0.147. The van der Waals surface area contributed by atoms with Crippen LogP contribution in [0.1, 0.15) is 88.1 Å². The number of ether oxygens (including phenoxy) is 1. The molecule has 28 nitrogen and oxygen atoms in total. The average Bonchev–Trinajstić information content (AvgIpc) is 1.74. The number of piperazine rings is 1. The summed E-state index contributed by atoms with van der Waals surface area (Å²) >= 11 is 1.36. The van der Waals surface area contributed by atoms with Crippen LogP contribution in [0.2, 0.25) is 0 Å². The number of benzene rings is 3. The second kappa shape index (κ2) is 31.7. The first kappa shape index (κ1) is 69.9. The SMILES string of the molecule is CC1CCC(N2CCN(c3ccc(-c4nnc(-c5ccc(C(=O)N[C@H]6C[C@@H](O)CNC(=O)[C@@H]7[C@@H](O)[C@@H](C)CN7C(=O)[C@H]([C@H](O)CCN)NC(=O)[C@H]([C@H](O)Cc7ccc(O)c(OCCCN)c7)NC(=O)[C@@H]7C[C@@H](O)CN7C(=O)[C@H]([C@@H](C)O)NC6=O)cc5)s4)cc3)CC2)CC1. The number of aromatic nitrogens is 2. The van der Waals surface area contributed by atoms with E-state index in [0.717, 1.165) is 60.1 Å². The first-order chi connectivity index (χ1) is 44.5. The van der Waals surface area contributed by atoms with E-state index in [-0.39, 0.29) is 55.3 Å². The molecule has 0 radical (unpaired) electrons. The van der Waals surface area contributed by atoms with Crippen LogP contribution in [0, 0.1) is 11.8 Å². The van der Waals surface area contributed by atoms with Gasteiger partial charge in [-0.05, 0) is 119 Å². The Bertz CT molecular complexity index is 3240. The lowest BCUT2D eigenvalue weighted by Gasteiger charge is -2.42. The molecule has 16 N–H and O–H groups in total. The molecule has 0 unspecified atom stereocenters. The lowest BCUT2D eigenvalue weighted by atomic mass is 9.86. The van der Waals surface area contributed by atoms with Gasteiger partial charge in [-0.1, -0.05) is 43.4 Å². The molecule has 3 aromatic carbocycles. The van der Waals surface area contributed by atoms with Crippen LogP contribution in [0.25, 0.3) is 21.1 Å². The lowest BCUT2D eigenvalue weighted by Crippen LogP contribution is -2.64. The number of phenols is 1. The minimum Gasteiger partial charge on any atom is -0.504 e. The zero-order valence-electron chi connectivity index (χ0n) is 52.6. The van der Waals surface area contributed by atoms with Crippen LogP contribution in [0.15, 0.2) is 66.7 Å². The van der Waals surface area contributed by atoms with E-state index in [4.69, 9.17) is 16.2 Å². The van der Waals surface area contributed by atoms with Crippen LogP contribution < -0.4 is 47.7 Å². The fourth-order valence-electron chi connectivity index (χ4n) is 12.9. The molecule has 5 aliphatic rings. The molecular weight excluding hydrogens is 1220 g/mol. The minimum absolute atomic E-state index is 0.00662. The summed E-state index contributed by atoms with van der Waals surface area (Å²) in [5, 5.41) is 102. The zero-order valence-corrected chi connectivity index (χ0v) is 53.4. The van der Waals surface area contributed by atoms with E-state index < -0.39 is 152 Å². The van der Waals surface area contributed by atoms with Crippen LogP contribution >= 0.6 is 11.3 Å². The van der Waals surface area contributed by atoms with Crippen LogP contribution in [0.5, 0.6) is 11.5 Å². The van der Waals surface area contributed by atoms with E-state index in [0.29, 0.717) is 28.0 Å². The van der Waals surface area contributed by atoms with E-state index in [9.17, 15) is 69.3 Å². The minimum atomic E-state index is -2.04. The monoisotopic (exact) mass is 1310 g/mol. The summed E-state index contributed by atoms with van der Waals surface area (Å²) in [4.78, 5) is 109. The number of rotatable bonds is 17. The normalized spacial score (nSPS) is 28.4. The highest BCUT2D eigenvalue weighted by molar-refractivity contribution is 7.17. The van der Waals surface area contributed by atoms with E-state index in [1.54, 1.807) is 19.1 Å². The third kappa shape index (κ3) is 17.1. The number of nitrogens with zero attached hydrogens (tertiary/aromatic N) is 6. The van der Waals surface area contributed by atoms with Gasteiger partial charge in [0.2, 0.25) is 35.4 Å². The van der Waals surface area contributed by atoms with Gasteiger partial charge in [-0.2, -0.15) is 0 Å². The molecule has 4 aliphatic heterocycles. The van der Waals surface area contributed by atoms with Crippen molar-refractivity contribution in [2.24, 2.45) is 23.3 Å². The van der Waals surface area contributed by atoms with Crippen molar-refractivity contribution in [2.45, 2.75) is 157 Å². The number of aromatic hydroxyl groups is 1. The van der Waals surface area contributed by atoms with Crippen molar-refractivity contribution in [2.75, 3.05) is 70.4 Å². The molecule has 1 saturated carbocycles. The summed E-state index contributed by atoms with van der Waals surface area (Å²) in [7, 11) is 0. The van der Waals surface area contributed by atoms with Crippen LogP contribution in [0.3, 0.4) is 0 Å². The summed E-state index contributed by atoms with van der Waals surface area (Å²) in [5.74, 6) is -7.72. The number of phenolic OH excluding ortho intramolecular Hbond substituents is 1. The van der Waals surface area contributed by atoms with Crippen molar-refractivity contribution in [3.8, 4) is 32.6 Å². The molecule has 1 aromatic heterocycles. The van der Waals surface area contributed by atoms with Gasteiger partial charge in [0.1, 0.15) is 46.3 Å². The van der Waals surface area contributed by atoms with Crippen molar-refractivity contribution >= 4 is 58.4 Å². The summed E-state index contributed by atoms with van der Waals surface area (Å²) in [6.07, 6.45) is -6.23. The van der Waals surface area contributed by atoms with Gasteiger partial charge >= 0.3 is 0 Å². The maximum Gasteiger partial charge on any atom is 0.251 e. The number of carbonyl (C=O) groups is 7. The predicted molar refractivity (Wildman–Crippen MR) is 342 cm³/mol. The number of hydrogen-bond acceptors (Lipinski definition) is 22. The molecule has 4 saturated heterocycles. The smallest absolute Gasteiger partial charge is 0.251 e. The number of nitrogens with two attached hydrogens (primary N) is 2. The first-order valence-corrected chi connectivity index (χ1v) is 32.9. The quantitative estimate of drug-likeness (QED) is 0.0524. The first-order valence-electron chi connectivity index (χ1n) is 32.1. The number of nitrogens with one attached hydrogen (secondary N) is 5. The number of hydrogen-bond donors (Lipinski definition) is 14. The molecule has 0 bridgehead atoms. The number of aliphatic hydroxyl groups is 6. The third-order valence-corrected chi connectivity index (χ3v) is 19.4. The summed E-state index contributed by atoms with van der Waals surface area (Å²) in [5.41, 5.74) is 14.4. The van der Waals surface area contributed by atoms with Gasteiger partial charge in [0.15, 0.2) is 11.5 Å². The van der Waals surface area contributed by atoms with Crippen LogP contribution in [-0.4, -0.2) is 246 Å². The summed E-state index contributed by atoms with van der Waals surface area (Å²) < 4.78 is 5.66. The molecule has 93 heavy (non-hydrogen) atoms. The van der Waals surface area contributed by atoms with Crippen LogP contribution in [0.4, 0.5) is 5.69 Å². The Morgan fingerprint density at radius 3 is 2.00 bits per heavy atom. The van der Waals surface area contributed by atoms with Gasteiger partial charge < -0.3 is 93.2 Å². The van der Waals surface area contributed by atoms with Gasteiger partial charge in [-0.3, -0.25) is 38.5 Å². The van der Waals surface area contributed by atoms with Crippen molar-refractivity contribution < 1.29 is 74.0 Å². The highest BCUT2D eigenvalue weighted by atomic mass is 32.1. The van der Waals surface area contributed by atoms with E-state index in [1.165, 1.54) is 67.4 Å². The Morgan fingerprint density at radius 2 is 1.35 bits per heavy atom. The van der Waals surface area contributed by atoms with Gasteiger partial charge in [0.05, 0.1) is 43.2 Å². The number of fused-ring (bicyclic) bond motifs is 2. The predicted octanol–water partition coefficient (Wildman–Crippen LogP) is -1.70. The van der Waals surface area contributed by atoms with Gasteiger partial charge in [0.25, 0.3) is 5.91 Å². The molecule has 5 heterocycles. The van der Waals surface area contributed by atoms with Gasteiger partial charge in [-0.15, -0.1) is 10.2 Å². The summed E-state index contributed by atoms with van der Waals surface area (Å²) in [6, 6.07) is 8.34. The molecule has 0 spiro atoms. The fourth-order valence-corrected chi connectivity index (χ4v) is 13.8. The molecule has 7 amide bonds. The standard InChI is InChI=1S/C64H89N13O15S/c1-34-5-14-41(15-6-34)74-22-24-75(25-23-74)42-16-12-40(13-17-42)62-73-72-61(93-62)39-10-8-38(9-11-39)56(85)68-45-29-43(79)31-67-60(89)54-55(84)35(2)32-77(54)64(91)53(48(82)19-21-66)71-59(88)52(49(83)27-37-7-18-47(81)50(28-37)92-26-4-20-65)70-58(87)46-30-44(80)33-76(46)63(90)51(36(3)78)69-57(45)86/h7-13,16-18,28,34-36,41,43-46,48-49,51-55,78-84H,4-6,14-15,19-27,29-33,65-66H2,1-3H3,(H,67,89)(H,68,85)(H,69,86)(H,70,87)(H,71,88)/t34?,35-,36+,41?,43+,44+,45-,46-,48+,49+,51-,52-,53-,54-,55-/m0/s1. The molecular formula is C64H89N13O15S. The van der Waals surface area contributed by atoms with E-state index >= 15 is 0 Å². The van der Waals surface area contributed by atoms with E-state index in [2.05, 4.69) is 65.6 Å². The molecule has 1 aliphatic carbocycles. The Kier molecular flexibility index (Phi) is 23.8. The number of β-amino-alcohol motifs (C(OH)–C–C–N with tert-alkyl or cyclic N) is 1.